The molecule has 200 valence electrons. The van der Waals surface area contributed by atoms with E-state index in [0.29, 0.717) is 23.9 Å². The molecular weight excluding hydrogens is 484 g/mol. The Kier molecular flexibility index (Phi) is 8.91. The van der Waals surface area contributed by atoms with E-state index in [1.807, 2.05) is 12.1 Å². The Morgan fingerprint density at radius 1 is 1.08 bits per heavy atom. The van der Waals surface area contributed by atoms with Gasteiger partial charge >= 0.3 is 5.97 Å². The van der Waals surface area contributed by atoms with Crippen LogP contribution in [0.4, 0.5) is 5.69 Å². The molecule has 1 aliphatic rings. The molecule has 9 nitrogen and oxygen atoms in total. The van der Waals surface area contributed by atoms with Gasteiger partial charge in [0, 0.05) is 31.8 Å². The summed E-state index contributed by atoms with van der Waals surface area (Å²) in [6, 6.07) is 16.9. The number of benzene rings is 2. The molecule has 0 bridgehead atoms. The summed E-state index contributed by atoms with van der Waals surface area (Å²) in [4.78, 5) is 34.1. The molecule has 1 saturated heterocycles. The molecule has 0 radical (unpaired) electrons. The molecule has 9 heteroatoms. The lowest BCUT2D eigenvalue weighted by atomic mass is 9.92. The maximum Gasteiger partial charge on any atom is 0.322 e. The number of anilines is 1. The number of aliphatic hydroxyl groups is 1. The van der Waals surface area contributed by atoms with Crippen LogP contribution in [0.2, 0.25) is 0 Å². The third-order valence-electron chi connectivity index (χ3n) is 6.95. The highest BCUT2D eigenvalue weighted by atomic mass is 16.4. The average Bonchev–Trinajstić information content (AvgIpc) is 2.93. The number of rotatable bonds is 10. The maximum atomic E-state index is 12.3. The molecule has 2 heterocycles. The highest BCUT2D eigenvalue weighted by Crippen LogP contribution is 2.31. The number of aromatic hydroxyl groups is 1. The first kappa shape index (κ1) is 27.1. The van der Waals surface area contributed by atoms with Crippen LogP contribution in [-0.4, -0.2) is 63.4 Å². The lowest BCUT2D eigenvalue weighted by Crippen LogP contribution is -2.34. The van der Waals surface area contributed by atoms with Gasteiger partial charge in [0.05, 0.1) is 5.69 Å². The van der Waals surface area contributed by atoms with Crippen molar-refractivity contribution in [1.82, 2.24) is 15.3 Å². The van der Waals surface area contributed by atoms with Crippen molar-refractivity contribution in [2.45, 2.75) is 39.0 Å². The fourth-order valence-electron chi connectivity index (χ4n) is 4.93. The Morgan fingerprint density at radius 3 is 2.58 bits per heavy atom. The number of aliphatic carboxylic acids is 1. The highest BCUT2D eigenvalue weighted by molar-refractivity contribution is 5.96. The van der Waals surface area contributed by atoms with Crippen LogP contribution in [0.5, 0.6) is 5.75 Å². The summed E-state index contributed by atoms with van der Waals surface area (Å²) in [5.41, 5.74) is 4.87. The molecule has 4 rings (SSSR count). The van der Waals surface area contributed by atoms with Crippen molar-refractivity contribution in [3.05, 3.63) is 71.3 Å². The van der Waals surface area contributed by atoms with Gasteiger partial charge in [-0.1, -0.05) is 36.4 Å². The SMILES string of the molecule is Cc1nc(CC2CCN(c3cccc(-c4ccccc4CCCO)c3)CC2)nc(C(=O)NCC(=O)O)c1O. The molecule has 1 aliphatic heterocycles. The number of carboxylic acid groups (broad SMARTS) is 1. The summed E-state index contributed by atoms with van der Waals surface area (Å²) in [5, 5.41) is 30.5. The molecule has 4 N–H and O–H groups in total. The number of aryl methyl sites for hydroxylation is 2. The van der Waals surface area contributed by atoms with E-state index >= 15 is 0 Å². The molecule has 1 fully saturated rings. The number of nitrogens with zero attached hydrogens (tertiary/aromatic N) is 3. The zero-order valence-corrected chi connectivity index (χ0v) is 21.6. The van der Waals surface area contributed by atoms with E-state index in [0.717, 1.165) is 38.8 Å². The van der Waals surface area contributed by atoms with Crippen LogP contribution in [0.25, 0.3) is 11.1 Å². The number of aromatic nitrogens is 2. The summed E-state index contributed by atoms with van der Waals surface area (Å²) in [7, 11) is 0. The minimum atomic E-state index is -1.17. The van der Waals surface area contributed by atoms with Crippen molar-refractivity contribution in [3.8, 4) is 16.9 Å². The first-order valence-electron chi connectivity index (χ1n) is 13.0. The number of hydrogen-bond donors (Lipinski definition) is 4. The van der Waals surface area contributed by atoms with Crippen molar-refractivity contribution in [3.63, 3.8) is 0 Å². The highest BCUT2D eigenvalue weighted by Gasteiger charge is 2.24. The fraction of sp³-hybridized carbons (Fsp3) is 0.379. The predicted molar refractivity (Wildman–Crippen MR) is 144 cm³/mol. The predicted octanol–water partition coefficient (Wildman–Crippen LogP) is 3.36. The molecule has 3 aromatic rings. The van der Waals surface area contributed by atoms with Crippen LogP contribution < -0.4 is 10.2 Å². The maximum absolute atomic E-state index is 12.3. The van der Waals surface area contributed by atoms with E-state index < -0.39 is 18.4 Å². The average molecular weight is 519 g/mol. The second-order valence-electron chi connectivity index (χ2n) is 9.67. The molecular formula is C29H34N4O5. The third-order valence-corrected chi connectivity index (χ3v) is 6.95. The van der Waals surface area contributed by atoms with E-state index in [9.17, 15) is 19.8 Å². The van der Waals surface area contributed by atoms with Crippen LogP contribution in [0.1, 0.15) is 46.8 Å². The van der Waals surface area contributed by atoms with E-state index in [-0.39, 0.29) is 18.1 Å². The van der Waals surface area contributed by atoms with E-state index in [4.69, 9.17) is 5.11 Å². The van der Waals surface area contributed by atoms with Crippen LogP contribution >= 0.6 is 0 Å². The molecule has 0 aliphatic carbocycles. The number of carboxylic acids is 1. The van der Waals surface area contributed by atoms with Crippen molar-refractivity contribution in [2.75, 3.05) is 31.1 Å². The van der Waals surface area contributed by atoms with Gasteiger partial charge in [0.1, 0.15) is 12.4 Å². The number of piperidine rings is 1. The van der Waals surface area contributed by atoms with E-state index in [1.54, 1.807) is 6.92 Å². The molecule has 38 heavy (non-hydrogen) atoms. The fourth-order valence-corrected chi connectivity index (χ4v) is 4.93. The van der Waals surface area contributed by atoms with Gasteiger partial charge in [0.15, 0.2) is 11.4 Å². The van der Waals surface area contributed by atoms with E-state index in [2.05, 4.69) is 56.6 Å². The number of nitrogens with one attached hydrogen (secondary N) is 1. The quantitative estimate of drug-likeness (QED) is 0.321. The lowest BCUT2D eigenvalue weighted by molar-refractivity contribution is -0.135. The van der Waals surface area contributed by atoms with Crippen LogP contribution in [0.3, 0.4) is 0 Å². The largest absolute Gasteiger partial charge is 0.504 e. The van der Waals surface area contributed by atoms with Gasteiger partial charge in [-0.2, -0.15) is 0 Å². The van der Waals surface area contributed by atoms with Gasteiger partial charge in [-0.05, 0) is 67.3 Å². The van der Waals surface area contributed by atoms with E-state index in [1.165, 1.54) is 22.4 Å². The summed E-state index contributed by atoms with van der Waals surface area (Å²) in [6.07, 6.45) is 4.02. The number of carbonyl (C=O) groups is 2. The smallest absolute Gasteiger partial charge is 0.322 e. The Labute approximate surface area is 222 Å². The molecule has 1 amide bonds. The first-order valence-corrected chi connectivity index (χ1v) is 13.0. The number of hydrogen-bond acceptors (Lipinski definition) is 7. The Bertz CT molecular complexity index is 1290. The minimum Gasteiger partial charge on any atom is -0.504 e. The molecule has 0 spiro atoms. The molecule has 0 atom stereocenters. The summed E-state index contributed by atoms with van der Waals surface area (Å²) < 4.78 is 0. The lowest BCUT2D eigenvalue weighted by Gasteiger charge is -2.33. The monoisotopic (exact) mass is 518 g/mol. The topological polar surface area (TPSA) is 136 Å². The standard InChI is InChI=1S/C29H34N4O5/c1-19-28(37)27(29(38)30-18-26(35)36)32-25(31-19)16-20-11-13-33(14-12-20)23-9-4-7-22(17-23)24-10-3-2-6-21(24)8-5-15-34/h2-4,6-7,9-10,17,20,34,37H,5,8,11-16,18H2,1H3,(H,30,38)(H,35,36). The van der Waals surface area contributed by atoms with Gasteiger partial charge in [-0.15, -0.1) is 0 Å². The molecule has 0 unspecified atom stereocenters. The van der Waals surface area contributed by atoms with Gasteiger partial charge in [-0.3, -0.25) is 9.59 Å². The molecule has 1 aromatic heterocycles. The minimum absolute atomic E-state index is 0.178. The number of amides is 1. The zero-order chi connectivity index (χ0) is 27.1. The van der Waals surface area contributed by atoms with Gasteiger partial charge in [0.2, 0.25) is 0 Å². The number of aliphatic hydroxyl groups excluding tert-OH is 1. The zero-order valence-electron chi connectivity index (χ0n) is 21.6. The van der Waals surface area contributed by atoms with Crippen LogP contribution in [0.15, 0.2) is 48.5 Å². The molecule has 2 aromatic carbocycles. The number of carbonyl (C=O) groups excluding carboxylic acids is 1. The summed E-state index contributed by atoms with van der Waals surface area (Å²) in [6.45, 7) is 2.99. The summed E-state index contributed by atoms with van der Waals surface area (Å²) >= 11 is 0. The Balaban J connectivity index is 1.41. The van der Waals surface area contributed by atoms with Crippen molar-refractivity contribution >= 4 is 17.6 Å². The van der Waals surface area contributed by atoms with Crippen molar-refractivity contribution in [1.29, 1.82) is 0 Å². The van der Waals surface area contributed by atoms with Crippen LogP contribution in [-0.2, 0) is 17.6 Å². The van der Waals surface area contributed by atoms with Gasteiger partial charge < -0.3 is 25.5 Å². The van der Waals surface area contributed by atoms with Gasteiger partial charge in [-0.25, -0.2) is 9.97 Å². The Hall–Kier alpha value is -3.98. The second-order valence-corrected chi connectivity index (χ2v) is 9.67. The third kappa shape index (κ3) is 6.66. The van der Waals surface area contributed by atoms with Crippen molar-refractivity contribution < 1.29 is 24.9 Å². The first-order chi connectivity index (χ1) is 18.4. The van der Waals surface area contributed by atoms with Crippen LogP contribution in [0, 0.1) is 12.8 Å². The second kappa shape index (κ2) is 12.5. The summed E-state index contributed by atoms with van der Waals surface area (Å²) in [5.74, 6) is -1.44. The Morgan fingerprint density at radius 2 is 1.84 bits per heavy atom. The molecule has 0 saturated carbocycles. The normalized spacial score (nSPS) is 13.9. The van der Waals surface area contributed by atoms with Crippen molar-refractivity contribution in [2.24, 2.45) is 5.92 Å². The van der Waals surface area contributed by atoms with Gasteiger partial charge in [0.25, 0.3) is 5.91 Å².